The van der Waals surface area contributed by atoms with Gasteiger partial charge in [-0.25, -0.2) is 4.57 Å². The molecule has 28 heavy (non-hydrogen) atoms. The van der Waals surface area contributed by atoms with Crippen molar-refractivity contribution < 1.29 is 48.9 Å². The normalized spacial score (nSPS) is 13.2. The van der Waals surface area contributed by atoms with Crippen molar-refractivity contribution >= 4 is 7.82 Å². The highest BCUT2D eigenvalue weighted by Gasteiger charge is 2.73. The van der Waals surface area contributed by atoms with Crippen molar-refractivity contribution in [2.45, 2.75) is 18.0 Å². The molecule has 0 saturated carbocycles. The van der Waals surface area contributed by atoms with Crippen molar-refractivity contribution in [2.75, 3.05) is 6.61 Å². The molecule has 0 unspecified atom stereocenters. The van der Waals surface area contributed by atoms with E-state index in [9.17, 15) is 35.3 Å². The maximum Gasteiger partial charge on any atom is 0.587 e. The molecule has 4 nitrogen and oxygen atoms in total. The highest BCUT2D eigenvalue weighted by Crippen LogP contribution is 2.53. The molecule has 0 atom stereocenters. The Morgan fingerprint density at radius 3 is 1.46 bits per heavy atom. The fourth-order valence-electron chi connectivity index (χ4n) is 1.75. The number of phosphoric ester groups is 1. The van der Waals surface area contributed by atoms with Crippen molar-refractivity contribution in [2.24, 2.45) is 0 Å². The van der Waals surface area contributed by atoms with Gasteiger partial charge in [0.25, 0.3) is 0 Å². The molecular weight excluding hydrogens is 420 g/mol. The van der Waals surface area contributed by atoms with Gasteiger partial charge in [-0.2, -0.15) is 30.7 Å². The molecule has 0 aromatic heterocycles. The summed E-state index contributed by atoms with van der Waals surface area (Å²) in [7, 11) is -5.06. The summed E-state index contributed by atoms with van der Waals surface area (Å²) in [5.74, 6) is -12.6. The van der Waals surface area contributed by atoms with E-state index in [1.54, 1.807) is 0 Å². The number of benzene rings is 2. The van der Waals surface area contributed by atoms with Crippen molar-refractivity contribution in [1.82, 2.24) is 0 Å². The minimum Gasteiger partial charge on any atom is -0.395 e. The monoisotopic (exact) mass is 432 g/mol. The third-order valence-corrected chi connectivity index (χ3v) is 4.45. The molecule has 0 amide bonds. The van der Waals surface area contributed by atoms with Crippen molar-refractivity contribution in [3.63, 3.8) is 0 Å². The molecule has 0 fully saturated rings. The molecule has 0 spiro atoms. The van der Waals surface area contributed by atoms with E-state index in [2.05, 4.69) is 4.52 Å². The summed E-state index contributed by atoms with van der Waals surface area (Å²) in [5.41, 5.74) is 0. The molecule has 0 heterocycles. The van der Waals surface area contributed by atoms with Crippen molar-refractivity contribution in [1.29, 1.82) is 0 Å². The zero-order valence-electron chi connectivity index (χ0n) is 13.7. The van der Waals surface area contributed by atoms with Crippen molar-refractivity contribution in [3.05, 3.63) is 60.7 Å². The predicted octanol–water partition coefficient (Wildman–Crippen LogP) is 6.10. The number of rotatable bonds is 8. The van der Waals surface area contributed by atoms with Gasteiger partial charge >= 0.3 is 25.8 Å². The Hall–Kier alpha value is -2.26. The van der Waals surface area contributed by atoms with Gasteiger partial charge in [0.15, 0.2) is 0 Å². The summed E-state index contributed by atoms with van der Waals surface area (Å²) < 4.78 is 116. The smallest absolute Gasteiger partial charge is 0.395 e. The highest BCUT2D eigenvalue weighted by atomic mass is 31.2. The average Bonchev–Trinajstić information content (AvgIpc) is 2.61. The molecule has 2 aromatic carbocycles. The van der Waals surface area contributed by atoms with Crippen LogP contribution in [0.4, 0.5) is 30.7 Å². The number of halogens is 7. The van der Waals surface area contributed by atoms with Gasteiger partial charge in [-0.3, -0.25) is 4.52 Å². The predicted molar refractivity (Wildman–Crippen MR) is 83.6 cm³/mol. The fraction of sp³-hybridized carbons (Fsp3) is 0.250. The topological polar surface area (TPSA) is 44.8 Å². The lowest BCUT2D eigenvalue weighted by Crippen LogP contribution is -2.54. The Labute approximate surface area is 154 Å². The van der Waals surface area contributed by atoms with Crippen LogP contribution in [0.25, 0.3) is 0 Å². The van der Waals surface area contributed by atoms with Gasteiger partial charge in [0.2, 0.25) is 0 Å². The SMILES string of the molecule is O=P(OCC(F)(F)C(F)(F)C(F)(F)F)(Oc1ccccc1)Oc1ccccc1. The molecular formula is C16H12F7O4P. The molecule has 0 bridgehead atoms. The number of phosphoric acid groups is 1. The van der Waals surface area contributed by atoms with E-state index in [-0.39, 0.29) is 11.5 Å². The van der Waals surface area contributed by atoms with Crippen LogP contribution in [0, 0.1) is 0 Å². The Morgan fingerprint density at radius 2 is 1.11 bits per heavy atom. The van der Waals surface area contributed by atoms with Crippen LogP contribution < -0.4 is 9.05 Å². The summed E-state index contributed by atoms with van der Waals surface area (Å²) in [6, 6.07) is 13.5. The summed E-state index contributed by atoms with van der Waals surface area (Å²) in [6.07, 6.45) is -6.55. The van der Waals surface area contributed by atoms with Crippen LogP contribution in [0.15, 0.2) is 60.7 Å². The molecule has 0 saturated heterocycles. The molecule has 2 rings (SSSR count). The van der Waals surface area contributed by atoms with Gasteiger partial charge in [0.05, 0.1) is 0 Å². The minimum atomic E-state index is -6.55. The average molecular weight is 432 g/mol. The third-order valence-electron chi connectivity index (χ3n) is 3.14. The zero-order valence-corrected chi connectivity index (χ0v) is 14.6. The number of hydrogen-bond acceptors (Lipinski definition) is 4. The van der Waals surface area contributed by atoms with Crippen LogP contribution in [0.3, 0.4) is 0 Å². The first kappa shape index (κ1) is 22.0. The van der Waals surface area contributed by atoms with Crippen molar-refractivity contribution in [3.8, 4) is 11.5 Å². The first-order chi connectivity index (χ1) is 12.9. The molecule has 154 valence electrons. The second-order valence-electron chi connectivity index (χ2n) is 5.31. The van der Waals surface area contributed by atoms with Crippen LogP contribution in [0.5, 0.6) is 11.5 Å². The zero-order chi connectivity index (χ0) is 21.1. The molecule has 0 N–H and O–H groups in total. The largest absolute Gasteiger partial charge is 0.587 e. The Morgan fingerprint density at radius 1 is 0.714 bits per heavy atom. The van der Waals surface area contributed by atoms with Gasteiger partial charge in [-0.1, -0.05) is 36.4 Å². The molecule has 0 aliphatic rings. The first-order valence-corrected chi connectivity index (χ1v) is 8.89. The second kappa shape index (κ2) is 8.00. The number of hydrogen-bond donors (Lipinski definition) is 0. The van der Waals surface area contributed by atoms with Gasteiger partial charge in [-0.15, -0.1) is 0 Å². The molecule has 0 aliphatic heterocycles. The van der Waals surface area contributed by atoms with Gasteiger partial charge in [-0.05, 0) is 24.3 Å². The quantitative estimate of drug-likeness (QED) is 0.374. The Bertz CT molecular complexity index is 767. The Balaban J connectivity index is 2.25. The number of para-hydroxylation sites is 2. The summed E-state index contributed by atoms with van der Waals surface area (Å²) in [5, 5.41) is 0. The van der Waals surface area contributed by atoms with Gasteiger partial charge < -0.3 is 9.05 Å². The molecule has 12 heteroatoms. The van der Waals surface area contributed by atoms with E-state index in [0.29, 0.717) is 0 Å². The van der Waals surface area contributed by atoms with E-state index in [1.165, 1.54) is 60.7 Å². The molecule has 0 radical (unpaired) electrons. The minimum absolute atomic E-state index is 0.215. The summed E-state index contributed by atoms with van der Waals surface area (Å²) in [6.45, 7) is -2.57. The first-order valence-electron chi connectivity index (χ1n) is 7.43. The van der Waals surface area contributed by atoms with Crippen LogP contribution in [-0.2, 0) is 9.09 Å². The lowest BCUT2D eigenvalue weighted by Gasteiger charge is -2.28. The lowest BCUT2D eigenvalue weighted by molar-refractivity contribution is -0.358. The molecule has 2 aromatic rings. The fourth-order valence-corrected chi connectivity index (χ4v) is 2.97. The Kier molecular flexibility index (Phi) is 6.30. The van der Waals surface area contributed by atoms with Crippen LogP contribution in [-0.4, -0.2) is 24.6 Å². The standard InChI is InChI=1S/C16H12F7O4P/c17-14(18,15(19,20)16(21,22)23)11-25-28(24,26-12-7-3-1-4-8-12)27-13-9-5-2-6-10-13/h1-10H,11H2. The second-order valence-corrected chi connectivity index (χ2v) is 6.82. The van der Waals surface area contributed by atoms with Gasteiger partial charge in [0.1, 0.15) is 18.1 Å². The van der Waals surface area contributed by atoms with E-state index < -0.39 is 32.5 Å². The highest BCUT2D eigenvalue weighted by molar-refractivity contribution is 7.49. The molecule has 0 aliphatic carbocycles. The van der Waals surface area contributed by atoms with E-state index in [0.717, 1.165) is 0 Å². The van der Waals surface area contributed by atoms with E-state index in [1.807, 2.05) is 0 Å². The van der Waals surface area contributed by atoms with Gasteiger partial charge in [0, 0.05) is 0 Å². The number of alkyl halides is 7. The van der Waals surface area contributed by atoms with E-state index in [4.69, 9.17) is 9.05 Å². The summed E-state index contributed by atoms with van der Waals surface area (Å²) in [4.78, 5) is 0. The van der Waals surface area contributed by atoms with Crippen LogP contribution in [0.2, 0.25) is 0 Å². The maximum absolute atomic E-state index is 13.5. The van der Waals surface area contributed by atoms with Crippen LogP contribution >= 0.6 is 7.82 Å². The maximum atomic E-state index is 13.5. The lowest BCUT2D eigenvalue weighted by atomic mass is 10.2. The summed E-state index contributed by atoms with van der Waals surface area (Å²) >= 11 is 0. The van der Waals surface area contributed by atoms with Crippen LogP contribution in [0.1, 0.15) is 0 Å². The third kappa shape index (κ3) is 5.17. The van der Waals surface area contributed by atoms with E-state index >= 15 is 0 Å².